The summed E-state index contributed by atoms with van der Waals surface area (Å²) in [6.45, 7) is 0. The van der Waals surface area contributed by atoms with E-state index in [2.05, 4.69) is 16.7 Å². The van der Waals surface area contributed by atoms with Crippen molar-refractivity contribution >= 4 is 34.9 Å². The lowest BCUT2D eigenvalue weighted by molar-refractivity contribution is 0.244. The molecule has 2 N–H and O–H groups in total. The number of hydrogen-bond donors (Lipinski definition) is 2. The van der Waals surface area contributed by atoms with Crippen LogP contribution in [-0.4, -0.2) is 11.6 Å². The van der Waals surface area contributed by atoms with Crippen LogP contribution in [0.25, 0.3) is 0 Å². The fourth-order valence-corrected chi connectivity index (χ4v) is 2.78. The molecule has 1 aliphatic carbocycles. The van der Waals surface area contributed by atoms with Gasteiger partial charge in [-0.05, 0) is 43.9 Å². The molecule has 0 radical (unpaired) electrons. The Bertz CT molecular complexity index is 513. The van der Waals surface area contributed by atoms with Gasteiger partial charge in [-0.25, -0.2) is 4.79 Å². The zero-order valence-electron chi connectivity index (χ0n) is 10.2. The number of nitrogens with one attached hydrogen (secondary N) is 2. The van der Waals surface area contributed by atoms with Crippen LogP contribution in [0.5, 0.6) is 0 Å². The number of nitrogens with zero attached hydrogens (tertiary/aromatic N) is 1. The number of amides is 2. The first-order chi connectivity index (χ1) is 9.03. The van der Waals surface area contributed by atoms with Crippen molar-refractivity contribution in [1.29, 1.82) is 5.26 Å². The Hall–Kier alpha value is -1.44. The molecule has 1 fully saturated rings. The van der Waals surface area contributed by atoms with Crippen molar-refractivity contribution in [3.63, 3.8) is 0 Å². The molecule has 0 saturated heterocycles. The van der Waals surface area contributed by atoms with E-state index in [0.717, 1.165) is 12.8 Å². The summed E-state index contributed by atoms with van der Waals surface area (Å²) in [4.78, 5) is 11.9. The van der Waals surface area contributed by atoms with Gasteiger partial charge in [-0.3, -0.25) is 0 Å². The molecule has 0 aliphatic heterocycles. The molecule has 0 aromatic heterocycles. The highest BCUT2D eigenvalue weighted by Crippen LogP contribution is 2.29. The number of anilines is 1. The van der Waals surface area contributed by atoms with Gasteiger partial charge in [-0.2, -0.15) is 5.26 Å². The number of carbonyl (C=O) groups is 1. The highest BCUT2D eigenvalue weighted by molar-refractivity contribution is 6.35. The van der Waals surface area contributed by atoms with Crippen molar-refractivity contribution in [2.45, 2.75) is 31.2 Å². The molecule has 0 heterocycles. The summed E-state index contributed by atoms with van der Waals surface area (Å²) in [5.41, 5.74) is -0.243. The summed E-state index contributed by atoms with van der Waals surface area (Å²) in [6, 6.07) is 6.56. The number of hydrogen-bond acceptors (Lipinski definition) is 2. The van der Waals surface area contributed by atoms with Crippen LogP contribution in [0.1, 0.15) is 25.7 Å². The molecule has 0 spiro atoms. The Morgan fingerprint density at radius 3 is 2.32 bits per heavy atom. The molecular weight excluding hydrogens is 285 g/mol. The zero-order chi connectivity index (χ0) is 13.9. The van der Waals surface area contributed by atoms with Crippen LogP contribution in [0, 0.1) is 11.3 Å². The van der Waals surface area contributed by atoms with E-state index in [0.29, 0.717) is 28.6 Å². The predicted molar refractivity (Wildman–Crippen MR) is 75.4 cm³/mol. The first-order valence-electron chi connectivity index (χ1n) is 5.99. The molecule has 1 aromatic carbocycles. The number of nitriles is 1. The van der Waals surface area contributed by atoms with Gasteiger partial charge >= 0.3 is 6.03 Å². The van der Waals surface area contributed by atoms with E-state index in [4.69, 9.17) is 23.2 Å². The van der Waals surface area contributed by atoms with Crippen LogP contribution in [0.2, 0.25) is 10.0 Å². The highest BCUT2D eigenvalue weighted by atomic mass is 35.5. The monoisotopic (exact) mass is 297 g/mol. The third kappa shape index (κ3) is 3.52. The van der Waals surface area contributed by atoms with Gasteiger partial charge in [0.1, 0.15) is 5.54 Å². The molecule has 1 aliphatic rings. The Balaban J connectivity index is 2.03. The molecule has 1 aromatic rings. The molecule has 1 saturated carbocycles. The van der Waals surface area contributed by atoms with Gasteiger partial charge < -0.3 is 10.6 Å². The Kier molecular flexibility index (Phi) is 4.18. The van der Waals surface area contributed by atoms with Gasteiger partial charge in [0.05, 0.1) is 6.07 Å². The number of carbonyl (C=O) groups excluding carboxylic acids is 1. The highest BCUT2D eigenvalue weighted by Gasteiger charge is 2.35. The largest absolute Gasteiger partial charge is 0.320 e. The van der Waals surface area contributed by atoms with Crippen LogP contribution >= 0.6 is 23.2 Å². The van der Waals surface area contributed by atoms with E-state index >= 15 is 0 Å². The Morgan fingerprint density at radius 1 is 1.21 bits per heavy atom. The smallest absolute Gasteiger partial charge is 0.319 e. The van der Waals surface area contributed by atoms with Crippen LogP contribution in [-0.2, 0) is 0 Å². The SMILES string of the molecule is N#CC1(NC(=O)Nc2cc(Cl)cc(Cl)c2)CCCC1. The van der Waals surface area contributed by atoms with Crippen molar-refractivity contribution in [3.8, 4) is 6.07 Å². The zero-order valence-corrected chi connectivity index (χ0v) is 11.7. The maximum Gasteiger partial charge on any atom is 0.320 e. The average Bonchev–Trinajstić information content (AvgIpc) is 2.76. The van der Waals surface area contributed by atoms with Gasteiger partial charge in [0, 0.05) is 15.7 Å². The summed E-state index contributed by atoms with van der Waals surface area (Å²) in [5.74, 6) is 0. The summed E-state index contributed by atoms with van der Waals surface area (Å²) < 4.78 is 0. The van der Waals surface area contributed by atoms with Gasteiger partial charge in [0.2, 0.25) is 0 Å². The molecule has 0 unspecified atom stereocenters. The van der Waals surface area contributed by atoms with Crippen LogP contribution < -0.4 is 10.6 Å². The lowest BCUT2D eigenvalue weighted by atomic mass is 10.0. The van der Waals surface area contributed by atoms with E-state index in [-0.39, 0.29) is 0 Å². The second-order valence-corrected chi connectivity index (χ2v) is 5.51. The maximum absolute atomic E-state index is 11.9. The molecule has 0 bridgehead atoms. The van der Waals surface area contributed by atoms with Gasteiger partial charge in [-0.15, -0.1) is 0 Å². The lowest BCUT2D eigenvalue weighted by Crippen LogP contribution is -2.47. The van der Waals surface area contributed by atoms with Crippen LogP contribution in [0.4, 0.5) is 10.5 Å². The first-order valence-corrected chi connectivity index (χ1v) is 6.75. The van der Waals surface area contributed by atoms with Crippen molar-refractivity contribution < 1.29 is 4.79 Å². The number of urea groups is 1. The van der Waals surface area contributed by atoms with Crippen molar-refractivity contribution in [2.24, 2.45) is 0 Å². The number of rotatable bonds is 2. The minimum atomic E-state index is -0.744. The van der Waals surface area contributed by atoms with Gasteiger partial charge in [-0.1, -0.05) is 23.2 Å². The average molecular weight is 298 g/mol. The third-order valence-corrected chi connectivity index (χ3v) is 3.58. The predicted octanol–water partition coefficient (Wildman–Crippen LogP) is 3.95. The van der Waals surface area contributed by atoms with Crippen LogP contribution in [0.3, 0.4) is 0 Å². The molecule has 19 heavy (non-hydrogen) atoms. The number of halogens is 2. The molecule has 2 amide bonds. The molecule has 100 valence electrons. The third-order valence-electron chi connectivity index (χ3n) is 3.14. The maximum atomic E-state index is 11.9. The van der Waals surface area contributed by atoms with Gasteiger partial charge in [0.15, 0.2) is 0 Å². The summed E-state index contributed by atoms with van der Waals surface area (Å²) in [7, 11) is 0. The van der Waals surface area contributed by atoms with E-state index in [1.54, 1.807) is 18.2 Å². The fraction of sp³-hybridized carbons (Fsp3) is 0.385. The Morgan fingerprint density at radius 2 is 1.79 bits per heavy atom. The Labute approximate surface area is 121 Å². The van der Waals surface area contributed by atoms with E-state index in [1.165, 1.54) is 0 Å². The normalized spacial score (nSPS) is 16.7. The summed E-state index contributed by atoms with van der Waals surface area (Å²) in [5, 5.41) is 15.4. The molecule has 4 nitrogen and oxygen atoms in total. The van der Waals surface area contributed by atoms with Crippen molar-refractivity contribution in [2.75, 3.05) is 5.32 Å². The first kappa shape index (κ1) is 14.0. The molecule has 6 heteroatoms. The minimum Gasteiger partial charge on any atom is -0.319 e. The summed E-state index contributed by atoms with van der Waals surface area (Å²) in [6.07, 6.45) is 3.29. The standard InChI is InChI=1S/C13H13Cl2N3O/c14-9-5-10(15)7-11(6-9)17-12(19)18-13(8-16)3-1-2-4-13/h5-7H,1-4H2,(H2,17,18,19). The van der Waals surface area contributed by atoms with E-state index in [1.807, 2.05) is 0 Å². The molecular formula is C13H13Cl2N3O. The minimum absolute atomic E-state index is 0.415. The quantitative estimate of drug-likeness (QED) is 0.868. The van der Waals surface area contributed by atoms with Crippen molar-refractivity contribution in [3.05, 3.63) is 28.2 Å². The van der Waals surface area contributed by atoms with Crippen LogP contribution in [0.15, 0.2) is 18.2 Å². The molecule has 0 atom stereocenters. The molecule has 2 rings (SSSR count). The van der Waals surface area contributed by atoms with Crippen molar-refractivity contribution in [1.82, 2.24) is 5.32 Å². The number of benzene rings is 1. The van der Waals surface area contributed by atoms with Gasteiger partial charge in [0.25, 0.3) is 0 Å². The fourth-order valence-electron chi connectivity index (χ4n) is 2.25. The second-order valence-electron chi connectivity index (χ2n) is 4.64. The summed E-state index contributed by atoms with van der Waals surface area (Å²) >= 11 is 11.7. The van der Waals surface area contributed by atoms with E-state index < -0.39 is 11.6 Å². The topological polar surface area (TPSA) is 64.9 Å². The van der Waals surface area contributed by atoms with E-state index in [9.17, 15) is 10.1 Å². The second kappa shape index (κ2) is 5.68. The lowest BCUT2D eigenvalue weighted by Gasteiger charge is -2.22.